The third-order valence-electron chi connectivity index (χ3n) is 1.79. The molecule has 0 bridgehead atoms. The van der Waals surface area contributed by atoms with Crippen molar-refractivity contribution >= 4 is 31.9 Å². The van der Waals surface area contributed by atoms with Crippen molar-refractivity contribution in [2.24, 2.45) is 0 Å². The predicted octanol–water partition coefficient (Wildman–Crippen LogP) is 3.67. The van der Waals surface area contributed by atoms with E-state index >= 15 is 0 Å². The van der Waals surface area contributed by atoms with Crippen LogP contribution in [0.5, 0.6) is 0 Å². The monoisotopic (exact) mass is 312 g/mol. The van der Waals surface area contributed by atoms with Gasteiger partial charge in [-0.15, -0.1) is 0 Å². The number of hydrogen-bond donors (Lipinski definition) is 0. The largest absolute Gasteiger partial charge is 0.264 e. The van der Waals surface area contributed by atoms with Crippen molar-refractivity contribution in [2.45, 2.75) is 0 Å². The molecule has 0 saturated carbocycles. The smallest absolute Gasteiger partial charge is 0.106 e. The van der Waals surface area contributed by atoms with E-state index < -0.39 is 0 Å². The van der Waals surface area contributed by atoms with Crippen molar-refractivity contribution < 1.29 is 0 Å². The fourth-order valence-electron chi connectivity index (χ4n) is 1.16. The van der Waals surface area contributed by atoms with Crippen LogP contribution in [-0.2, 0) is 0 Å². The minimum absolute atomic E-state index is 0.819. The van der Waals surface area contributed by atoms with Gasteiger partial charge in [-0.25, -0.2) is 4.98 Å². The molecule has 0 atom stereocenters. The van der Waals surface area contributed by atoms with E-state index in [1.807, 2.05) is 24.4 Å². The van der Waals surface area contributed by atoms with Crippen LogP contribution in [-0.4, -0.2) is 9.97 Å². The Bertz CT molecular complexity index is 443. The summed E-state index contributed by atoms with van der Waals surface area (Å²) < 4.78 is 1.79. The SMILES string of the molecule is Brc1cc(-c2cccnc2)c(Br)cn1. The first-order chi connectivity index (χ1) is 6.77. The molecule has 70 valence electrons. The highest BCUT2D eigenvalue weighted by Gasteiger charge is 2.03. The number of nitrogens with zero attached hydrogens (tertiary/aromatic N) is 2. The molecule has 0 saturated heterocycles. The van der Waals surface area contributed by atoms with Gasteiger partial charge in [-0.05, 0) is 44.0 Å². The van der Waals surface area contributed by atoms with Crippen LogP contribution in [0.4, 0.5) is 0 Å². The summed E-state index contributed by atoms with van der Waals surface area (Å²) in [6.07, 6.45) is 5.35. The van der Waals surface area contributed by atoms with Crippen LogP contribution in [0.3, 0.4) is 0 Å². The lowest BCUT2D eigenvalue weighted by atomic mass is 10.1. The fourth-order valence-corrected chi connectivity index (χ4v) is 1.93. The summed E-state index contributed by atoms with van der Waals surface area (Å²) in [7, 11) is 0. The minimum Gasteiger partial charge on any atom is -0.264 e. The second-order valence-electron chi connectivity index (χ2n) is 2.73. The molecular weight excluding hydrogens is 308 g/mol. The van der Waals surface area contributed by atoms with E-state index in [1.54, 1.807) is 12.4 Å². The van der Waals surface area contributed by atoms with Crippen LogP contribution in [0.15, 0.2) is 45.9 Å². The molecule has 2 aromatic heterocycles. The molecule has 0 aromatic carbocycles. The van der Waals surface area contributed by atoms with E-state index in [0.29, 0.717) is 0 Å². The molecule has 0 unspecified atom stereocenters. The first kappa shape index (κ1) is 9.80. The first-order valence-corrected chi connectivity index (χ1v) is 5.57. The van der Waals surface area contributed by atoms with Gasteiger partial charge in [-0.2, -0.15) is 0 Å². The summed E-state index contributed by atoms with van der Waals surface area (Å²) >= 11 is 6.80. The molecule has 0 radical (unpaired) electrons. The average molecular weight is 314 g/mol. The van der Waals surface area contributed by atoms with Crippen molar-refractivity contribution in [2.75, 3.05) is 0 Å². The van der Waals surface area contributed by atoms with E-state index in [-0.39, 0.29) is 0 Å². The third kappa shape index (κ3) is 2.01. The summed E-state index contributed by atoms with van der Waals surface area (Å²) in [5.41, 5.74) is 2.16. The summed E-state index contributed by atoms with van der Waals surface area (Å²) in [4.78, 5) is 8.19. The molecule has 0 N–H and O–H groups in total. The number of rotatable bonds is 1. The summed E-state index contributed by atoms with van der Waals surface area (Å²) in [5.74, 6) is 0. The van der Waals surface area contributed by atoms with Crippen LogP contribution in [0, 0.1) is 0 Å². The zero-order valence-electron chi connectivity index (χ0n) is 7.11. The van der Waals surface area contributed by atoms with Crippen LogP contribution in [0.2, 0.25) is 0 Å². The highest BCUT2D eigenvalue weighted by atomic mass is 79.9. The molecule has 0 fully saturated rings. The third-order valence-corrected chi connectivity index (χ3v) is 2.86. The zero-order chi connectivity index (χ0) is 9.97. The van der Waals surface area contributed by atoms with Gasteiger partial charge in [0.05, 0.1) is 0 Å². The Morgan fingerprint density at radius 3 is 2.71 bits per heavy atom. The molecule has 2 nitrogen and oxygen atoms in total. The molecule has 0 amide bonds. The quantitative estimate of drug-likeness (QED) is 0.751. The number of aromatic nitrogens is 2. The Kier molecular flexibility index (Phi) is 2.93. The molecule has 0 aliphatic rings. The van der Waals surface area contributed by atoms with Gasteiger partial charge in [-0.1, -0.05) is 6.07 Å². The van der Waals surface area contributed by atoms with Crippen molar-refractivity contribution in [3.8, 4) is 11.1 Å². The molecule has 2 rings (SSSR count). The number of pyridine rings is 2. The Labute approximate surface area is 98.7 Å². The maximum Gasteiger partial charge on any atom is 0.106 e. The van der Waals surface area contributed by atoms with E-state index in [2.05, 4.69) is 41.8 Å². The second kappa shape index (κ2) is 4.19. The molecule has 2 aromatic rings. The standard InChI is InChI=1S/C10H6Br2N2/c11-9-6-14-10(12)4-8(9)7-2-1-3-13-5-7/h1-6H. The van der Waals surface area contributed by atoms with Gasteiger partial charge >= 0.3 is 0 Å². The lowest BCUT2D eigenvalue weighted by Crippen LogP contribution is -1.83. The van der Waals surface area contributed by atoms with Crippen molar-refractivity contribution in [3.63, 3.8) is 0 Å². The van der Waals surface area contributed by atoms with Crippen LogP contribution in [0.1, 0.15) is 0 Å². The molecule has 4 heteroatoms. The van der Waals surface area contributed by atoms with Crippen LogP contribution >= 0.6 is 31.9 Å². The zero-order valence-corrected chi connectivity index (χ0v) is 10.3. The molecule has 0 aliphatic carbocycles. The van der Waals surface area contributed by atoms with Crippen LogP contribution < -0.4 is 0 Å². The van der Waals surface area contributed by atoms with Gasteiger partial charge in [0.15, 0.2) is 0 Å². The Morgan fingerprint density at radius 1 is 1.14 bits per heavy atom. The lowest BCUT2D eigenvalue weighted by Gasteiger charge is -2.03. The second-order valence-corrected chi connectivity index (χ2v) is 4.40. The summed E-state index contributed by atoms with van der Waals surface area (Å²) in [6.45, 7) is 0. The van der Waals surface area contributed by atoms with E-state index in [9.17, 15) is 0 Å². The predicted molar refractivity (Wildman–Crippen MR) is 62.9 cm³/mol. The Hall–Kier alpha value is -0.740. The van der Waals surface area contributed by atoms with Crippen molar-refractivity contribution in [1.29, 1.82) is 0 Å². The van der Waals surface area contributed by atoms with Gasteiger partial charge in [0.2, 0.25) is 0 Å². The van der Waals surface area contributed by atoms with Gasteiger partial charge in [0.1, 0.15) is 4.60 Å². The average Bonchev–Trinajstić information content (AvgIpc) is 2.23. The van der Waals surface area contributed by atoms with Crippen LogP contribution in [0.25, 0.3) is 11.1 Å². The van der Waals surface area contributed by atoms with Gasteiger partial charge in [0.25, 0.3) is 0 Å². The Balaban J connectivity index is 2.57. The summed E-state index contributed by atoms with van der Waals surface area (Å²) in [5, 5.41) is 0. The normalized spacial score (nSPS) is 10.1. The van der Waals surface area contributed by atoms with E-state index in [0.717, 1.165) is 20.2 Å². The molecule has 0 spiro atoms. The van der Waals surface area contributed by atoms with Gasteiger partial charge < -0.3 is 0 Å². The van der Waals surface area contributed by atoms with Gasteiger partial charge in [0, 0.05) is 34.2 Å². The van der Waals surface area contributed by atoms with Crippen molar-refractivity contribution in [3.05, 3.63) is 45.9 Å². The molecule has 2 heterocycles. The van der Waals surface area contributed by atoms with E-state index in [1.165, 1.54) is 0 Å². The Morgan fingerprint density at radius 2 is 2.00 bits per heavy atom. The van der Waals surface area contributed by atoms with E-state index in [4.69, 9.17) is 0 Å². The topological polar surface area (TPSA) is 25.8 Å². The fraction of sp³-hybridized carbons (Fsp3) is 0. The molecule has 0 aliphatic heterocycles. The molecule has 14 heavy (non-hydrogen) atoms. The highest BCUT2D eigenvalue weighted by Crippen LogP contribution is 2.28. The lowest BCUT2D eigenvalue weighted by molar-refractivity contribution is 1.25. The molecular formula is C10H6Br2N2. The minimum atomic E-state index is 0.819. The van der Waals surface area contributed by atoms with Gasteiger partial charge in [-0.3, -0.25) is 4.98 Å². The first-order valence-electron chi connectivity index (χ1n) is 3.99. The number of hydrogen-bond acceptors (Lipinski definition) is 2. The maximum absolute atomic E-state index is 4.11. The maximum atomic E-state index is 4.11. The number of halogens is 2. The van der Waals surface area contributed by atoms with Crippen molar-refractivity contribution in [1.82, 2.24) is 9.97 Å². The highest BCUT2D eigenvalue weighted by molar-refractivity contribution is 9.11. The summed E-state index contributed by atoms with van der Waals surface area (Å²) in [6, 6.07) is 5.89.